The maximum Gasteiger partial charge on any atom is -0.00105 e. The van der Waals surface area contributed by atoms with Gasteiger partial charge in [0, 0.05) is 0 Å². The van der Waals surface area contributed by atoms with Crippen LogP contribution in [0.15, 0.2) is 66.7 Å². The summed E-state index contributed by atoms with van der Waals surface area (Å²) in [6, 6.07) is 24.2. The summed E-state index contributed by atoms with van der Waals surface area (Å²) in [5, 5.41) is 0. The van der Waals surface area contributed by atoms with Crippen molar-refractivity contribution in [3.05, 3.63) is 83.4 Å². The number of hydrogen-bond donors (Lipinski definition) is 0. The molecule has 21 heavy (non-hydrogen) atoms. The Balaban J connectivity index is 1.94. The van der Waals surface area contributed by atoms with Gasteiger partial charge in [0.05, 0.1) is 0 Å². The van der Waals surface area contributed by atoms with Gasteiger partial charge >= 0.3 is 0 Å². The first kappa shape index (κ1) is 12.4. The van der Waals surface area contributed by atoms with Crippen molar-refractivity contribution in [2.75, 3.05) is 0 Å². The van der Waals surface area contributed by atoms with Gasteiger partial charge in [-0.2, -0.15) is 0 Å². The van der Waals surface area contributed by atoms with E-state index >= 15 is 0 Å². The van der Waals surface area contributed by atoms with Gasteiger partial charge in [0.25, 0.3) is 0 Å². The van der Waals surface area contributed by atoms with E-state index in [1.165, 1.54) is 38.9 Å². The molecule has 0 spiro atoms. The lowest BCUT2D eigenvalue weighted by Gasteiger charge is -2.13. The molecule has 0 heteroatoms. The van der Waals surface area contributed by atoms with Crippen molar-refractivity contribution in [3.8, 4) is 22.3 Å². The van der Waals surface area contributed by atoms with Gasteiger partial charge in [-0.15, -0.1) is 0 Å². The first-order valence-electron chi connectivity index (χ1n) is 7.67. The lowest BCUT2D eigenvalue weighted by atomic mass is 9.91. The predicted molar refractivity (Wildman–Crippen MR) is 89.5 cm³/mol. The first-order valence-corrected chi connectivity index (χ1v) is 7.67. The second-order valence-corrected chi connectivity index (χ2v) is 5.67. The van der Waals surface area contributed by atoms with Crippen LogP contribution >= 0.6 is 0 Å². The van der Waals surface area contributed by atoms with E-state index < -0.39 is 0 Å². The molecule has 0 nitrogen and oxygen atoms in total. The minimum Gasteiger partial charge on any atom is -0.0622 e. The van der Waals surface area contributed by atoms with Gasteiger partial charge in [-0.25, -0.2) is 0 Å². The molecular weight excluding hydrogens is 252 g/mol. The van der Waals surface area contributed by atoms with Crippen LogP contribution in [0.2, 0.25) is 0 Å². The smallest absolute Gasteiger partial charge is 0.00105 e. The molecule has 3 aromatic rings. The molecule has 0 radical (unpaired) electrons. The van der Waals surface area contributed by atoms with E-state index in [0.717, 1.165) is 12.8 Å². The molecule has 0 unspecified atom stereocenters. The number of benzene rings is 3. The van der Waals surface area contributed by atoms with Gasteiger partial charge in [-0.05, 0) is 51.8 Å². The van der Waals surface area contributed by atoms with Gasteiger partial charge in [-0.1, -0.05) is 73.7 Å². The summed E-state index contributed by atoms with van der Waals surface area (Å²) in [6.45, 7) is 2.27. The Kier molecular flexibility index (Phi) is 2.89. The molecule has 1 aliphatic rings. The third kappa shape index (κ3) is 1.91. The normalized spacial score (nSPS) is 12.0. The van der Waals surface area contributed by atoms with Crippen molar-refractivity contribution < 1.29 is 0 Å². The van der Waals surface area contributed by atoms with Gasteiger partial charge in [0.2, 0.25) is 0 Å². The quantitative estimate of drug-likeness (QED) is 0.452. The van der Waals surface area contributed by atoms with Crippen molar-refractivity contribution in [3.63, 3.8) is 0 Å². The first-order chi connectivity index (χ1) is 10.4. The predicted octanol–water partition coefficient (Wildman–Crippen LogP) is 5.49. The summed E-state index contributed by atoms with van der Waals surface area (Å²) in [5.41, 5.74) is 10.1. The molecule has 4 rings (SSSR count). The second-order valence-electron chi connectivity index (χ2n) is 5.67. The zero-order chi connectivity index (χ0) is 14.2. The lowest BCUT2D eigenvalue weighted by Crippen LogP contribution is -1.95. The summed E-state index contributed by atoms with van der Waals surface area (Å²) in [6.07, 6.45) is 2.16. The molecule has 0 amide bonds. The highest BCUT2D eigenvalue weighted by atomic mass is 14.3. The molecule has 0 N–H and O–H groups in total. The van der Waals surface area contributed by atoms with Gasteiger partial charge in [0.1, 0.15) is 0 Å². The SMILES string of the molecule is CCc1c(-c2ccccc2)ccc2c1Cc1ccccc1-2. The van der Waals surface area contributed by atoms with Crippen LogP contribution in [0.4, 0.5) is 0 Å². The fourth-order valence-electron chi connectivity index (χ4n) is 3.57. The maximum absolute atomic E-state index is 2.31. The summed E-state index contributed by atoms with van der Waals surface area (Å²) in [5.74, 6) is 0. The van der Waals surface area contributed by atoms with E-state index in [-0.39, 0.29) is 0 Å². The van der Waals surface area contributed by atoms with Crippen LogP contribution in [-0.2, 0) is 12.8 Å². The molecule has 0 bridgehead atoms. The average Bonchev–Trinajstić information content (AvgIpc) is 2.93. The molecule has 0 aromatic heterocycles. The van der Waals surface area contributed by atoms with Crippen LogP contribution < -0.4 is 0 Å². The Hall–Kier alpha value is -2.34. The number of fused-ring (bicyclic) bond motifs is 3. The molecule has 3 aromatic carbocycles. The summed E-state index contributed by atoms with van der Waals surface area (Å²) in [4.78, 5) is 0. The topological polar surface area (TPSA) is 0 Å². The maximum atomic E-state index is 2.31. The molecule has 0 heterocycles. The highest BCUT2D eigenvalue weighted by molar-refractivity contribution is 5.82. The van der Waals surface area contributed by atoms with E-state index in [1.54, 1.807) is 0 Å². The summed E-state index contributed by atoms with van der Waals surface area (Å²) < 4.78 is 0. The van der Waals surface area contributed by atoms with Crippen molar-refractivity contribution in [1.29, 1.82) is 0 Å². The average molecular weight is 270 g/mol. The van der Waals surface area contributed by atoms with Crippen molar-refractivity contribution in [2.24, 2.45) is 0 Å². The highest BCUT2D eigenvalue weighted by Crippen LogP contribution is 2.41. The van der Waals surface area contributed by atoms with E-state index in [2.05, 4.69) is 73.7 Å². The van der Waals surface area contributed by atoms with E-state index in [0.29, 0.717) is 0 Å². The summed E-state index contributed by atoms with van der Waals surface area (Å²) >= 11 is 0. The fraction of sp³-hybridized carbons (Fsp3) is 0.143. The molecule has 0 saturated carbocycles. The molecule has 0 aliphatic heterocycles. The van der Waals surface area contributed by atoms with Gasteiger partial charge in [0.15, 0.2) is 0 Å². The zero-order valence-corrected chi connectivity index (χ0v) is 12.3. The third-order valence-electron chi connectivity index (χ3n) is 4.54. The Morgan fingerprint density at radius 3 is 2.24 bits per heavy atom. The van der Waals surface area contributed by atoms with Crippen LogP contribution in [0.5, 0.6) is 0 Å². The third-order valence-corrected chi connectivity index (χ3v) is 4.54. The Labute approximate surface area is 126 Å². The van der Waals surface area contributed by atoms with Crippen LogP contribution in [0.3, 0.4) is 0 Å². The van der Waals surface area contributed by atoms with Gasteiger partial charge < -0.3 is 0 Å². The summed E-state index contributed by atoms with van der Waals surface area (Å²) in [7, 11) is 0. The van der Waals surface area contributed by atoms with Crippen LogP contribution in [0.25, 0.3) is 22.3 Å². The second kappa shape index (κ2) is 4.89. The Bertz CT molecular complexity index is 798. The molecule has 0 fully saturated rings. The van der Waals surface area contributed by atoms with Crippen molar-refractivity contribution in [1.82, 2.24) is 0 Å². The standard InChI is InChI=1S/C21H18/c1-2-17-19(15-8-4-3-5-9-15)12-13-20-18-11-7-6-10-16(18)14-21(17)20/h3-13H,2,14H2,1H3. The lowest BCUT2D eigenvalue weighted by molar-refractivity contribution is 1.09. The van der Waals surface area contributed by atoms with Crippen molar-refractivity contribution in [2.45, 2.75) is 19.8 Å². The molecule has 0 atom stereocenters. The Morgan fingerprint density at radius 1 is 0.714 bits per heavy atom. The van der Waals surface area contributed by atoms with E-state index in [1.807, 2.05) is 0 Å². The molecular formula is C21H18. The number of rotatable bonds is 2. The van der Waals surface area contributed by atoms with E-state index in [9.17, 15) is 0 Å². The van der Waals surface area contributed by atoms with E-state index in [4.69, 9.17) is 0 Å². The highest BCUT2D eigenvalue weighted by Gasteiger charge is 2.22. The zero-order valence-electron chi connectivity index (χ0n) is 12.3. The Morgan fingerprint density at radius 2 is 1.43 bits per heavy atom. The fourth-order valence-corrected chi connectivity index (χ4v) is 3.57. The molecule has 1 aliphatic carbocycles. The van der Waals surface area contributed by atoms with Gasteiger partial charge in [-0.3, -0.25) is 0 Å². The minimum absolute atomic E-state index is 1.08. The monoisotopic (exact) mass is 270 g/mol. The largest absolute Gasteiger partial charge is 0.0622 e. The number of hydrogen-bond acceptors (Lipinski definition) is 0. The van der Waals surface area contributed by atoms with Crippen LogP contribution in [0, 0.1) is 0 Å². The minimum atomic E-state index is 1.08. The van der Waals surface area contributed by atoms with Crippen molar-refractivity contribution >= 4 is 0 Å². The van der Waals surface area contributed by atoms with Crippen LogP contribution in [0.1, 0.15) is 23.6 Å². The van der Waals surface area contributed by atoms with Crippen LogP contribution in [-0.4, -0.2) is 0 Å². The molecule has 102 valence electrons. The molecule has 0 saturated heterocycles.